The quantitative estimate of drug-likeness (QED) is 0.0897. The predicted molar refractivity (Wildman–Crippen MR) is 512 cm³/mol. The Labute approximate surface area is 781 Å². The van der Waals surface area contributed by atoms with Gasteiger partial charge in [0.15, 0.2) is 12.2 Å². The Bertz CT molecular complexity index is 3470. The zero-order valence-corrected chi connectivity index (χ0v) is 74.6. The van der Waals surface area contributed by atoms with Gasteiger partial charge >= 0.3 is 53.7 Å². The van der Waals surface area contributed by atoms with E-state index in [9.17, 15) is 53.4 Å². The van der Waals surface area contributed by atoms with Crippen LogP contribution in [0.1, 0.15) is 420 Å². The zero-order valence-electron chi connectivity index (χ0n) is 74.6. The van der Waals surface area contributed by atoms with Crippen LogP contribution in [0.25, 0.3) is 0 Å². The van der Waals surface area contributed by atoms with Gasteiger partial charge in [0.05, 0.1) is 74.7 Å². The number of rotatable bonds is 19. The Balaban J connectivity index is 0.000000754. The molecular formula is C107H196O21. The van der Waals surface area contributed by atoms with Crippen LogP contribution in [0, 0.1) is 133 Å². The summed E-state index contributed by atoms with van der Waals surface area (Å²) in [6.45, 7) is 39.7. The maximum absolute atomic E-state index is 12.5. The van der Waals surface area contributed by atoms with Crippen LogP contribution in [0.2, 0.25) is 0 Å². The van der Waals surface area contributed by atoms with Crippen LogP contribution in [-0.2, 0) is 90.5 Å². The molecule has 22 aliphatic rings. The minimum atomic E-state index is -0.593. The maximum Gasteiger partial charge on any atom is 0.312 e. The third-order valence-electron chi connectivity index (χ3n) is 34.6. The lowest BCUT2D eigenvalue weighted by atomic mass is 9.50. The summed E-state index contributed by atoms with van der Waals surface area (Å²) in [6.07, 6.45) is 28.4. The molecule has 4 saturated heterocycles. The standard InChI is InChI=1S/2C17H28O2.C16H22O6.2C16H26O3.C13H18O5.12CH4/c2*1-5-16(2,3)15(18)19-17(4)13-7-11-6-12(9-13)10-14(17)8-11;1-5-16(2,3)15(19)22-12-7-6-8-10(9(7)13(17)20-4)14(18)21-11(8)12;2*1-4-14(2,3)13(17)19-16-8-11-5-12(9-16)7-15(18,6-11)10-16;1-4-13(2,3)12(15)18-9-7-5-6-8(16-7)10(9)17-11(6)14;;;;;;;;;;;;/h2*11-14H,5-10H2,1-4H3;7-12H,5-6H2,1-4H3;2*11-12,18H,4-10H2,1-3H3;6-10H,4-5H2,1-3H3;12*1H4. The summed E-state index contributed by atoms with van der Waals surface area (Å²) in [5.41, 5.74) is -4.76. The summed E-state index contributed by atoms with van der Waals surface area (Å²) in [7, 11) is 1.31. The van der Waals surface area contributed by atoms with Gasteiger partial charge in [-0.15, -0.1) is 0 Å². The summed E-state index contributed by atoms with van der Waals surface area (Å²) in [6, 6.07) is 0. The number of carbonyl (C=O) groups excluding carboxylic acids is 9. The molecule has 20 bridgehead atoms. The number of esters is 9. The zero-order chi connectivity index (χ0) is 84.8. The second kappa shape index (κ2) is 43.4. The molecule has 21 nitrogen and oxygen atoms in total. The summed E-state index contributed by atoms with van der Waals surface area (Å²) in [5.74, 6) is 5.42. The van der Waals surface area contributed by atoms with Crippen molar-refractivity contribution in [3.63, 3.8) is 0 Å². The van der Waals surface area contributed by atoms with E-state index in [1.54, 1.807) is 0 Å². The first kappa shape index (κ1) is 121. The van der Waals surface area contributed by atoms with Crippen LogP contribution in [0.5, 0.6) is 0 Å². The first-order valence-electron chi connectivity index (χ1n) is 45.9. The van der Waals surface area contributed by atoms with Gasteiger partial charge in [-0.05, 0) is 348 Å². The van der Waals surface area contributed by atoms with Crippen molar-refractivity contribution in [2.75, 3.05) is 7.11 Å². The van der Waals surface area contributed by atoms with E-state index in [-0.39, 0.29) is 200 Å². The molecule has 22 rings (SSSR count). The second-order valence-corrected chi connectivity index (χ2v) is 45.4. The number of ether oxygens (including phenoxy) is 10. The fraction of sp³-hybridized carbons (Fsp3) is 0.916. The third kappa shape index (κ3) is 23.1. The molecule has 15 atom stereocenters. The molecule has 0 radical (unpaired) electrons. The smallest absolute Gasteiger partial charge is 0.312 e. The Hall–Kier alpha value is -4.89. The molecule has 21 heteroatoms. The number of hydrogen-bond donors (Lipinski definition) is 2. The third-order valence-corrected chi connectivity index (χ3v) is 34.6. The fourth-order valence-corrected chi connectivity index (χ4v) is 25.8. The van der Waals surface area contributed by atoms with Crippen molar-refractivity contribution in [1.29, 1.82) is 0 Å². The lowest BCUT2D eigenvalue weighted by Gasteiger charge is -2.59. The molecular weight excluding hydrogens is 1620 g/mol. The molecule has 18 saturated carbocycles. The average molecular weight is 1820 g/mol. The average Bonchev–Trinajstić information content (AvgIpc) is 1.30. The lowest BCUT2D eigenvalue weighted by Crippen LogP contribution is -2.61. The van der Waals surface area contributed by atoms with Crippen molar-refractivity contribution >= 4 is 53.7 Å². The molecule has 0 aromatic carbocycles. The molecule has 0 spiro atoms. The van der Waals surface area contributed by atoms with E-state index in [2.05, 4.69) is 27.7 Å². The number of methoxy groups -OCH3 is 1. The Morgan fingerprint density at radius 1 is 0.352 bits per heavy atom. The van der Waals surface area contributed by atoms with Crippen LogP contribution in [0.3, 0.4) is 0 Å². The van der Waals surface area contributed by atoms with Gasteiger partial charge in [0.1, 0.15) is 40.7 Å². The van der Waals surface area contributed by atoms with Gasteiger partial charge < -0.3 is 57.6 Å². The van der Waals surface area contributed by atoms with Crippen LogP contribution in [0.15, 0.2) is 0 Å². The van der Waals surface area contributed by atoms with Crippen LogP contribution in [0.4, 0.5) is 0 Å². The first-order chi connectivity index (χ1) is 54.0. The Morgan fingerprint density at radius 3 is 0.945 bits per heavy atom. The Kier molecular flexibility index (Phi) is 41.1. The summed E-state index contributed by atoms with van der Waals surface area (Å²) in [5, 5.41) is 21.3. The highest BCUT2D eigenvalue weighted by molar-refractivity contribution is 5.87. The van der Waals surface area contributed by atoms with Crippen LogP contribution in [-0.4, -0.2) is 141 Å². The van der Waals surface area contributed by atoms with Crippen LogP contribution >= 0.6 is 0 Å². The van der Waals surface area contributed by atoms with Crippen molar-refractivity contribution < 1.29 is 101 Å². The number of hydrogen-bond acceptors (Lipinski definition) is 21. The molecule has 4 aliphatic heterocycles. The fourth-order valence-electron chi connectivity index (χ4n) is 25.8. The van der Waals surface area contributed by atoms with E-state index in [1.807, 2.05) is 111 Å². The topological polar surface area (TPSA) is 286 Å². The number of carbonyl (C=O) groups is 9. The largest absolute Gasteiger partial charge is 0.469 e. The lowest BCUT2D eigenvalue weighted by molar-refractivity contribution is -0.226. The summed E-state index contributed by atoms with van der Waals surface area (Å²) >= 11 is 0. The van der Waals surface area contributed by atoms with Gasteiger partial charge in [-0.25, -0.2) is 0 Å². The van der Waals surface area contributed by atoms with Gasteiger partial charge in [0.25, 0.3) is 0 Å². The predicted octanol–water partition coefficient (Wildman–Crippen LogP) is 24.5. The minimum absolute atomic E-state index is 0. The molecule has 750 valence electrons. The summed E-state index contributed by atoms with van der Waals surface area (Å²) in [4.78, 5) is 110. The van der Waals surface area contributed by atoms with E-state index in [1.165, 1.54) is 84.2 Å². The molecule has 128 heavy (non-hydrogen) atoms. The van der Waals surface area contributed by atoms with Crippen molar-refractivity contribution in [2.45, 2.75) is 490 Å². The molecule has 0 aromatic rings. The van der Waals surface area contributed by atoms with Gasteiger partial charge in [-0.1, -0.05) is 131 Å². The van der Waals surface area contributed by atoms with Crippen molar-refractivity contribution in [3.8, 4) is 0 Å². The number of aliphatic hydroxyl groups is 2. The van der Waals surface area contributed by atoms with E-state index in [0.717, 1.165) is 101 Å². The van der Waals surface area contributed by atoms with Gasteiger partial charge in [0.2, 0.25) is 0 Å². The molecule has 22 fully saturated rings. The SMILES string of the molecule is C.C.C.C.C.C.C.C.C.C.C.C.CCC(C)(C)C(=O)OC1(C)C2CC3CC(C2)CC1C3.CCC(C)(C)C(=O)OC1(C)C2CC3CC(C2)CC1C3.CCC(C)(C)C(=O)OC12CC3CC(CC(O)(C3)C1)C2.CCC(C)(C)C(=O)OC12CC3CC(CC(O)(C3)C1)C2.CCC(C)(C)C(=O)OC1C2CC3C(=O)OC1C3O2.CCC(C)(C)C(=O)OC1C2CC3C1OC(=O)C3C2C(=O)OC. The summed E-state index contributed by atoms with van der Waals surface area (Å²) < 4.78 is 56.6. The van der Waals surface area contributed by atoms with Crippen molar-refractivity contribution in [2.24, 2.45) is 133 Å². The van der Waals surface area contributed by atoms with Crippen LogP contribution < -0.4 is 0 Å². The normalized spacial score (nSPS) is 38.8. The maximum atomic E-state index is 12.5. The van der Waals surface area contributed by atoms with Crippen molar-refractivity contribution in [1.82, 2.24) is 0 Å². The highest BCUT2D eigenvalue weighted by Gasteiger charge is 2.72. The second-order valence-electron chi connectivity index (χ2n) is 45.4. The monoisotopic (exact) mass is 1820 g/mol. The molecule has 15 unspecified atom stereocenters. The molecule has 0 aromatic heterocycles. The Morgan fingerprint density at radius 2 is 0.641 bits per heavy atom. The van der Waals surface area contributed by atoms with E-state index in [4.69, 9.17) is 47.4 Å². The van der Waals surface area contributed by atoms with Gasteiger partial charge in [-0.2, -0.15) is 0 Å². The van der Waals surface area contributed by atoms with Gasteiger partial charge in [-0.3, -0.25) is 43.2 Å². The molecule has 0 amide bonds. The first-order valence-corrected chi connectivity index (χ1v) is 45.9. The van der Waals surface area contributed by atoms with E-state index < -0.39 is 75.1 Å². The highest BCUT2D eigenvalue weighted by Crippen LogP contribution is 2.65. The molecule has 2 N–H and O–H groups in total. The molecule has 18 aliphatic carbocycles. The van der Waals surface area contributed by atoms with E-state index in [0.29, 0.717) is 85.9 Å². The number of fused-ring (bicyclic) bond motifs is 2. The minimum Gasteiger partial charge on any atom is -0.469 e. The highest BCUT2D eigenvalue weighted by atomic mass is 16.7. The van der Waals surface area contributed by atoms with Crippen molar-refractivity contribution in [3.05, 3.63) is 0 Å². The van der Waals surface area contributed by atoms with Gasteiger partial charge in [0, 0.05) is 24.7 Å². The molecule has 4 heterocycles. The van der Waals surface area contributed by atoms with E-state index >= 15 is 0 Å².